The van der Waals surface area contributed by atoms with Crippen molar-refractivity contribution >= 4 is 23.6 Å². The summed E-state index contributed by atoms with van der Waals surface area (Å²) in [4.78, 5) is 55.6. The molecule has 3 aromatic rings. The lowest BCUT2D eigenvalue weighted by Crippen LogP contribution is -2.52. The number of nitrogens with one attached hydrogen (secondary N) is 1. The van der Waals surface area contributed by atoms with E-state index in [0.29, 0.717) is 24.0 Å². The van der Waals surface area contributed by atoms with E-state index in [-0.39, 0.29) is 49.2 Å². The zero-order chi connectivity index (χ0) is 27.8. The molecule has 3 aromatic carbocycles. The van der Waals surface area contributed by atoms with E-state index in [4.69, 9.17) is 0 Å². The van der Waals surface area contributed by atoms with Gasteiger partial charge in [-0.3, -0.25) is 24.1 Å². The summed E-state index contributed by atoms with van der Waals surface area (Å²) >= 11 is 0. The minimum atomic E-state index is -0.714. The van der Waals surface area contributed by atoms with Gasteiger partial charge in [0.05, 0.1) is 11.1 Å². The fourth-order valence-electron chi connectivity index (χ4n) is 4.75. The van der Waals surface area contributed by atoms with Crippen LogP contribution < -0.4 is 5.32 Å². The first-order valence-electron chi connectivity index (χ1n) is 13.5. The summed E-state index contributed by atoms with van der Waals surface area (Å²) in [6, 6.07) is 25.3. The molecule has 0 unspecified atom stereocenters. The van der Waals surface area contributed by atoms with Crippen LogP contribution in [0, 0.1) is 0 Å². The molecule has 0 spiro atoms. The number of carbonyl (C=O) groups excluding carboxylic acids is 4. The third-order valence-electron chi connectivity index (χ3n) is 7.12. The highest BCUT2D eigenvalue weighted by Gasteiger charge is 2.35. The van der Waals surface area contributed by atoms with Gasteiger partial charge >= 0.3 is 0 Å². The molecular weight excluding hydrogens is 490 g/mol. The zero-order valence-electron chi connectivity index (χ0n) is 22.5. The van der Waals surface area contributed by atoms with Gasteiger partial charge in [0, 0.05) is 32.0 Å². The first-order valence-corrected chi connectivity index (χ1v) is 13.5. The summed E-state index contributed by atoms with van der Waals surface area (Å²) < 4.78 is 0. The molecule has 0 saturated carbocycles. The van der Waals surface area contributed by atoms with Gasteiger partial charge in [-0.15, -0.1) is 0 Å². The lowest BCUT2D eigenvalue weighted by molar-refractivity contribution is -0.141. The molecule has 202 valence electrons. The molecule has 7 nitrogen and oxygen atoms in total. The lowest BCUT2D eigenvalue weighted by Gasteiger charge is -2.32. The molecule has 0 aliphatic carbocycles. The van der Waals surface area contributed by atoms with Gasteiger partial charge in [-0.05, 0) is 43.0 Å². The predicted molar refractivity (Wildman–Crippen MR) is 150 cm³/mol. The largest absolute Gasteiger partial charge is 0.352 e. The minimum Gasteiger partial charge on any atom is -0.352 e. The average Bonchev–Trinajstić information content (AvgIpc) is 3.20. The maximum Gasteiger partial charge on any atom is 0.261 e. The van der Waals surface area contributed by atoms with E-state index in [0.717, 1.165) is 17.5 Å². The Bertz CT molecular complexity index is 1270. The Morgan fingerprint density at radius 1 is 0.821 bits per heavy atom. The number of rotatable bonds is 12. The molecule has 4 amide bonds. The van der Waals surface area contributed by atoms with E-state index in [1.807, 2.05) is 74.5 Å². The first-order chi connectivity index (χ1) is 18.9. The summed E-state index contributed by atoms with van der Waals surface area (Å²) in [5.74, 6) is -1.06. The van der Waals surface area contributed by atoms with Gasteiger partial charge < -0.3 is 10.2 Å². The number of hydrogen-bond donors (Lipinski definition) is 1. The molecule has 0 saturated heterocycles. The molecule has 4 rings (SSSR count). The lowest BCUT2D eigenvalue weighted by atomic mass is 10.0. The number of hydrogen-bond acceptors (Lipinski definition) is 4. The maximum absolute atomic E-state index is 13.8. The number of nitrogens with zero attached hydrogens (tertiary/aromatic N) is 2. The van der Waals surface area contributed by atoms with Crippen molar-refractivity contribution in [2.24, 2.45) is 0 Å². The van der Waals surface area contributed by atoms with Crippen molar-refractivity contribution in [3.05, 3.63) is 107 Å². The summed E-state index contributed by atoms with van der Waals surface area (Å²) in [5, 5.41) is 3.06. The average molecular weight is 526 g/mol. The van der Waals surface area contributed by atoms with Crippen molar-refractivity contribution in [2.45, 2.75) is 58.2 Å². The highest BCUT2D eigenvalue weighted by Crippen LogP contribution is 2.23. The molecule has 0 bridgehead atoms. The Kier molecular flexibility index (Phi) is 9.26. The van der Waals surface area contributed by atoms with Crippen molar-refractivity contribution in [1.82, 2.24) is 15.1 Å². The fourth-order valence-corrected chi connectivity index (χ4v) is 4.75. The van der Waals surface area contributed by atoms with Gasteiger partial charge in [0.2, 0.25) is 11.8 Å². The highest BCUT2D eigenvalue weighted by atomic mass is 16.2. The number of carbonyl (C=O) groups is 4. The molecular formula is C32H35N3O4. The molecule has 1 aliphatic heterocycles. The normalized spacial score (nSPS) is 14.1. The van der Waals surface area contributed by atoms with Crippen LogP contribution in [0.1, 0.15) is 65.0 Å². The molecule has 1 heterocycles. The zero-order valence-corrected chi connectivity index (χ0v) is 22.5. The smallest absolute Gasteiger partial charge is 0.261 e. The Balaban J connectivity index is 1.53. The number of imide groups is 1. The van der Waals surface area contributed by atoms with Crippen molar-refractivity contribution in [3.63, 3.8) is 0 Å². The van der Waals surface area contributed by atoms with Crippen LogP contribution in [0.4, 0.5) is 0 Å². The molecule has 7 heteroatoms. The van der Waals surface area contributed by atoms with Crippen LogP contribution in [0.3, 0.4) is 0 Å². The van der Waals surface area contributed by atoms with Gasteiger partial charge in [-0.1, -0.05) is 79.7 Å². The van der Waals surface area contributed by atoms with Crippen LogP contribution in [0.2, 0.25) is 0 Å². The summed E-state index contributed by atoms with van der Waals surface area (Å²) in [6.45, 7) is 4.37. The van der Waals surface area contributed by atoms with Crippen molar-refractivity contribution in [1.29, 1.82) is 0 Å². The summed E-state index contributed by atoms with van der Waals surface area (Å²) in [5.41, 5.74) is 2.66. The summed E-state index contributed by atoms with van der Waals surface area (Å²) in [7, 11) is 0. The van der Waals surface area contributed by atoms with Gasteiger partial charge in [-0.2, -0.15) is 0 Å². The monoisotopic (exact) mass is 525 g/mol. The topological polar surface area (TPSA) is 86.8 Å². The third-order valence-corrected chi connectivity index (χ3v) is 7.12. The van der Waals surface area contributed by atoms with E-state index >= 15 is 0 Å². The van der Waals surface area contributed by atoms with Crippen LogP contribution in [0.25, 0.3) is 0 Å². The predicted octanol–water partition coefficient (Wildman–Crippen LogP) is 4.62. The van der Waals surface area contributed by atoms with Gasteiger partial charge in [-0.25, -0.2) is 0 Å². The van der Waals surface area contributed by atoms with Crippen LogP contribution in [0.15, 0.2) is 84.9 Å². The van der Waals surface area contributed by atoms with Gasteiger partial charge in [0.25, 0.3) is 11.8 Å². The van der Waals surface area contributed by atoms with Crippen LogP contribution in [-0.4, -0.2) is 52.1 Å². The van der Waals surface area contributed by atoms with E-state index in [2.05, 4.69) is 5.32 Å². The van der Waals surface area contributed by atoms with Crippen LogP contribution >= 0.6 is 0 Å². The van der Waals surface area contributed by atoms with Crippen molar-refractivity contribution in [3.8, 4) is 0 Å². The molecule has 1 N–H and O–H groups in total. The molecule has 1 aliphatic rings. The van der Waals surface area contributed by atoms with E-state index in [1.165, 1.54) is 4.90 Å². The van der Waals surface area contributed by atoms with Crippen LogP contribution in [0.5, 0.6) is 0 Å². The Labute approximate surface area is 229 Å². The highest BCUT2D eigenvalue weighted by molar-refractivity contribution is 6.21. The second-order valence-electron chi connectivity index (χ2n) is 9.94. The molecule has 2 atom stereocenters. The molecule has 0 radical (unpaired) electrons. The number of fused-ring (bicyclic) bond motifs is 1. The summed E-state index contributed by atoms with van der Waals surface area (Å²) in [6.07, 6.45) is 1.56. The Hall–Kier alpha value is -4.26. The second kappa shape index (κ2) is 13.0. The standard InChI is InChI=1S/C32H35N3O4/c1-3-23(2)33-30(37)28(21-24-13-6-4-7-14-24)35(22-25-15-8-5-9-16-25)29(36)19-12-20-34-31(38)26-17-10-11-18-27(26)32(34)39/h4-11,13-18,23,28H,3,12,19-22H2,1-2H3,(H,33,37)/t23-,28-/m1/s1. The molecule has 39 heavy (non-hydrogen) atoms. The Morgan fingerprint density at radius 3 is 1.92 bits per heavy atom. The maximum atomic E-state index is 13.8. The minimum absolute atomic E-state index is 0.0294. The number of amides is 4. The SMILES string of the molecule is CC[C@@H](C)NC(=O)[C@@H](Cc1ccccc1)N(Cc1ccccc1)C(=O)CCCN1C(=O)c2ccccc2C1=O. The first kappa shape index (κ1) is 27.8. The second-order valence-corrected chi connectivity index (χ2v) is 9.94. The van der Waals surface area contributed by atoms with E-state index < -0.39 is 6.04 Å². The molecule has 0 aromatic heterocycles. The molecule has 0 fully saturated rings. The van der Waals surface area contributed by atoms with Crippen molar-refractivity contribution in [2.75, 3.05) is 6.54 Å². The Morgan fingerprint density at radius 2 is 1.36 bits per heavy atom. The van der Waals surface area contributed by atoms with Gasteiger partial charge in [0.15, 0.2) is 0 Å². The van der Waals surface area contributed by atoms with Crippen LogP contribution in [-0.2, 0) is 22.6 Å². The van der Waals surface area contributed by atoms with Crippen molar-refractivity contribution < 1.29 is 19.2 Å². The quantitative estimate of drug-likeness (QED) is 0.350. The third kappa shape index (κ3) is 6.79. The van der Waals surface area contributed by atoms with E-state index in [1.54, 1.807) is 29.2 Å². The van der Waals surface area contributed by atoms with Gasteiger partial charge in [0.1, 0.15) is 6.04 Å². The van der Waals surface area contributed by atoms with E-state index in [9.17, 15) is 19.2 Å². The fraction of sp³-hybridized carbons (Fsp3) is 0.312. The number of benzene rings is 3.